The van der Waals surface area contributed by atoms with Gasteiger partial charge in [-0.05, 0) is 30.5 Å². The van der Waals surface area contributed by atoms with Crippen molar-refractivity contribution < 1.29 is 23.1 Å². The molecule has 1 unspecified atom stereocenters. The summed E-state index contributed by atoms with van der Waals surface area (Å²) in [4.78, 5) is 13.5. The maximum Gasteiger partial charge on any atom is 0.416 e. The maximum absolute atomic E-state index is 12.5. The molecule has 6 heteroatoms. The Morgan fingerprint density at radius 3 is 2.56 bits per heavy atom. The molecule has 0 aliphatic carbocycles. The molecule has 2 rings (SSSR count). The van der Waals surface area contributed by atoms with Crippen molar-refractivity contribution in [3.63, 3.8) is 0 Å². The molecule has 0 fully saturated rings. The summed E-state index contributed by atoms with van der Waals surface area (Å²) in [6, 6.07) is 4.83. The highest BCUT2D eigenvalue weighted by Gasteiger charge is 2.30. The van der Waals surface area contributed by atoms with E-state index in [1.54, 1.807) is 6.07 Å². The Labute approximate surface area is 100 Å². The Hall–Kier alpha value is -1.98. The third-order valence-electron chi connectivity index (χ3n) is 2.81. The van der Waals surface area contributed by atoms with Crippen molar-refractivity contribution >= 4 is 16.9 Å². The maximum atomic E-state index is 12.5. The molecule has 2 aromatic rings. The number of benzene rings is 1. The molecule has 96 valence electrons. The number of rotatable bonds is 2. The van der Waals surface area contributed by atoms with E-state index in [0.717, 1.165) is 12.1 Å². The van der Waals surface area contributed by atoms with Crippen LogP contribution in [0.25, 0.3) is 10.9 Å². The molecule has 0 saturated carbocycles. The zero-order valence-electron chi connectivity index (χ0n) is 9.38. The number of carboxylic acids is 1. The zero-order valence-corrected chi connectivity index (χ0v) is 9.38. The number of aromatic amines is 1. The number of halogens is 3. The molecule has 3 nitrogen and oxygen atoms in total. The highest BCUT2D eigenvalue weighted by Crippen LogP contribution is 2.32. The normalized spacial score (nSPS) is 13.8. The van der Waals surface area contributed by atoms with E-state index in [9.17, 15) is 18.0 Å². The van der Waals surface area contributed by atoms with Crippen molar-refractivity contribution in [2.75, 3.05) is 0 Å². The van der Waals surface area contributed by atoms with Crippen LogP contribution in [-0.4, -0.2) is 16.1 Å². The Balaban J connectivity index is 2.49. The van der Waals surface area contributed by atoms with Crippen LogP contribution in [0, 0.1) is 0 Å². The fourth-order valence-electron chi connectivity index (χ4n) is 1.69. The van der Waals surface area contributed by atoms with Crippen LogP contribution in [0.3, 0.4) is 0 Å². The van der Waals surface area contributed by atoms with Gasteiger partial charge >= 0.3 is 12.1 Å². The van der Waals surface area contributed by atoms with Crippen LogP contribution in [0.4, 0.5) is 13.2 Å². The Morgan fingerprint density at radius 1 is 1.33 bits per heavy atom. The van der Waals surface area contributed by atoms with Crippen LogP contribution in [0.2, 0.25) is 0 Å². The standard InChI is InChI=1S/C12H10F3NO2/c1-6(11(17)18)9-4-7-2-3-8(12(13,14)15)5-10(7)16-9/h2-6,16H,1H3,(H,17,18). The lowest BCUT2D eigenvalue weighted by Crippen LogP contribution is -2.07. The van der Waals surface area contributed by atoms with Gasteiger partial charge < -0.3 is 10.1 Å². The number of fused-ring (bicyclic) bond motifs is 1. The predicted octanol–water partition coefficient (Wildman–Crippen LogP) is 3.37. The SMILES string of the molecule is CC(C(=O)O)c1cc2ccc(C(F)(F)F)cc2[nH]1. The lowest BCUT2D eigenvalue weighted by atomic mass is 10.1. The third kappa shape index (κ3) is 2.18. The average Bonchev–Trinajstić information content (AvgIpc) is 2.68. The van der Waals surface area contributed by atoms with Gasteiger partial charge in [0.05, 0.1) is 11.5 Å². The number of carbonyl (C=O) groups is 1. The van der Waals surface area contributed by atoms with Crippen LogP contribution in [0.1, 0.15) is 24.1 Å². The van der Waals surface area contributed by atoms with Crippen molar-refractivity contribution in [1.82, 2.24) is 4.98 Å². The van der Waals surface area contributed by atoms with Crippen LogP contribution in [-0.2, 0) is 11.0 Å². The van der Waals surface area contributed by atoms with Gasteiger partial charge in [-0.15, -0.1) is 0 Å². The quantitative estimate of drug-likeness (QED) is 0.866. The van der Waals surface area contributed by atoms with Gasteiger partial charge in [-0.2, -0.15) is 13.2 Å². The van der Waals surface area contributed by atoms with E-state index < -0.39 is 23.6 Å². The van der Waals surface area contributed by atoms with Crippen molar-refractivity contribution in [3.05, 3.63) is 35.5 Å². The van der Waals surface area contributed by atoms with E-state index in [2.05, 4.69) is 4.98 Å². The van der Waals surface area contributed by atoms with E-state index in [4.69, 9.17) is 5.11 Å². The van der Waals surface area contributed by atoms with Crippen LogP contribution >= 0.6 is 0 Å². The van der Waals surface area contributed by atoms with E-state index in [0.29, 0.717) is 11.1 Å². The van der Waals surface area contributed by atoms with Gasteiger partial charge in [0.15, 0.2) is 0 Å². The highest BCUT2D eigenvalue weighted by molar-refractivity contribution is 5.84. The second kappa shape index (κ2) is 4.04. The number of aliphatic carboxylic acids is 1. The number of H-pyrrole nitrogens is 1. The largest absolute Gasteiger partial charge is 0.481 e. The summed E-state index contributed by atoms with van der Waals surface area (Å²) in [7, 11) is 0. The number of hydrogen-bond acceptors (Lipinski definition) is 1. The molecule has 0 spiro atoms. The number of carboxylic acid groups (broad SMARTS) is 1. The summed E-state index contributed by atoms with van der Waals surface area (Å²) >= 11 is 0. The molecule has 1 heterocycles. The van der Waals surface area contributed by atoms with Gasteiger partial charge in [0, 0.05) is 11.2 Å². The van der Waals surface area contributed by atoms with Crippen LogP contribution < -0.4 is 0 Å². The van der Waals surface area contributed by atoms with Gasteiger partial charge in [-0.3, -0.25) is 4.79 Å². The van der Waals surface area contributed by atoms with Gasteiger partial charge in [0.1, 0.15) is 0 Å². The average molecular weight is 257 g/mol. The van der Waals surface area contributed by atoms with Crippen LogP contribution in [0.5, 0.6) is 0 Å². The molecule has 2 N–H and O–H groups in total. The van der Waals surface area contributed by atoms with E-state index >= 15 is 0 Å². The number of aromatic nitrogens is 1. The first-order valence-corrected chi connectivity index (χ1v) is 5.21. The van der Waals surface area contributed by atoms with Crippen molar-refractivity contribution in [2.45, 2.75) is 19.0 Å². The molecule has 0 aliphatic rings. The second-order valence-corrected chi connectivity index (χ2v) is 4.08. The minimum absolute atomic E-state index is 0.285. The van der Waals surface area contributed by atoms with Gasteiger partial charge in [0.25, 0.3) is 0 Å². The highest BCUT2D eigenvalue weighted by atomic mass is 19.4. The molecule has 0 amide bonds. The summed E-state index contributed by atoms with van der Waals surface area (Å²) in [5.41, 5.74) is -0.0869. The predicted molar refractivity (Wildman–Crippen MR) is 59.4 cm³/mol. The first-order chi connectivity index (χ1) is 8.29. The second-order valence-electron chi connectivity index (χ2n) is 4.08. The molecule has 0 saturated heterocycles. The first-order valence-electron chi connectivity index (χ1n) is 5.21. The number of hydrogen-bond donors (Lipinski definition) is 2. The minimum Gasteiger partial charge on any atom is -0.481 e. The van der Waals surface area contributed by atoms with Gasteiger partial charge in [0.2, 0.25) is 0 Å². The van der Waals surface area contributed by atoms with Crippen LogP contribution in [0.15, 0.2) is 24.3 Å². The molecule has 1 atom stereocenters. The van der Waals surface area contributed by atoms with E-state index in [1.165, 1.54) is 13.0 Å². The molecule has 0 bridgehead atoms. The Kier molecular flexibility index (Phi) is 2.80. The monoisotopic (exact) mass is 257 g/mol. The number of alkyl halides is 3. The molecular weight excluding hydrogens is 247 g/mol. The topological polar surface area (TPSA) is 53.1 Å². The summed E-state index contributed by atoms with van der Waals surface area (Å²) < 4.78 is 37.5. The minimum atomic E-state index is -4.40. The van der Waals surface area contributed by atoms with E-state index in [-0.39, 0.29) is 5.52 Å². The summed E-state index contributed by atoms with van der Waals surface area (Å²) in [6.07, 6.45) is -4.40. The molecule has 0 radical (unpaired) electrons. The van der Waals surface area contributed by atoms with Crippen molar-refractivity contribution in [3.8, 4) is 0 Å². The molecule has 1 aromatic heterocycles. The third-order valence-corrected chi connectivity index (χ3v) is 2.81. The van der Waals surface area contributed by atoms with Gasteiger partial charge in [-0.1, -0.05) is 6.07 Å². The summed E-state index contributed by atoms with van der Waals surface area (Å²) in [5.74, 6) is -1.82. The van der Waals surface area contributed by atoms with Gasteiger partial charge in [-0.25, -0.2) is 0 Å². The van der Waals surface area contributed by atoms with E-state index in [1.807, 2.05) is 0 Å². The molecule has 1 aromatic carbocycles. The molecule has 18 heavy (non-hydrogen) atoms. The zero-order chi connectivity index (χ0) is 13.5. The fraction of sp³-hybridized carbons (Fsp3) is 0.250. The number of nitrogens with one attached hydrogen (secondary N) is 1. The first kappa shape index (κ1) is 12.5. The fourth-order valence-corrected chi connectivity index (χ4v) is 1.69. The van der Waals surface area contributed by atoms with Crippen molar-refractivity contribution in [1.29, 1.82) is 0 Å². The lowest BCUT2D eigenvalue weighted by Gasteiger charge is -2.05. The molecule has 0 aliphatic heterocycles. The summed E-state index contributed by atoms with van der Waals surface area (Å²) in [6.45, 7) is 1.47. The lowest BCUT2D eigenvalue weighted by molar-refractivity contribution is -0.139. The smallest absolute Gasteiger partial charge is 0.416 e. The Morgan fingerprint density at radius 2 is 2.00 bits per heavy atom. The van der Waals surface area contributed by atoms with Crippen molar-refractivity contribution in [2.24, 2.45) is 0 Å². The Bertz CT molecular complexity index is 601. The summed E-state index contributed by atoms with van der Waals surface area (Å²) in [5, 5.41) is 9.41. The molecular formula is C12H10F3NO2.